The second-order valence-corrected chi connectivity index (χ2v) is 4.00. The Morgan fingerprint density at radius 3 is 2.88 bits per heavy atom. The molecule has 1 aromatic carbocycles. The molecule has 1 heterocycles. The van der Waals surface area contributed by atoms with Crippen molar-refractivity contribution >= 4 is 5.97 Å². The molecule has 2 atom stereocenters. The lowest BCUT2D eigenvalue weighted by Crippen LogP contribution is -2.17. The Morgan fingerprint density at radius 2 is 2.24 bits per heavy atom. The summed E-state index contributed by atoms with van der Waals surface area (Å²) in [5.41, 5.74) is 0.398. The first kappa shape index (κ1) is 12.0. The molecule has 92 valence electrons. The Morgan fingerprint density at radius 1 is 1.47 bits per heavy atom. The molecule has 1 aliphatic heterocycles. The number of aliphatic carboxylic acids is 1. The molecule has 0 radical (unpaired) electrons. The molecule has 0 amide bonds. The van der Waals surface area contributed by atoms with Crippen molar-refractivity contribution in [2.24, 2.45) is 5.92 Å². The van der Waals surface area contributed by atoms with Gasteiger partial charge in [0.15, 0.2) is 0 Å². The molecular weight excluding hydrogens is 230 g/mol. The van der Waals surface area contributed by atoms with Crippen LogP contribution in [-0.4, -0.2) is 17.7 Å². The fourth-order valence-corrected chi connectivity index (χ4v) is 2.04. The van der Waals surface area contributed by atoms with Gasteiger partial charge in [0.1, 0.15) is 0 Å². The van der Waals surface area contributed by atoms with Crippen molar-refractivity contribution in [1.29, 1.82) is 0 Å². The van der Waals surface area contributed by atoms with E-state index in [0.717, 1.165) is 0 Å². The highest BCUT2D eigenvalue weighted by atomic mass is 19.3. The number of hydrogen-bond acceptors (Lipinski definition) is 2. The first-order chi connectivity index (χ1) is 8.09. The summed E-state index contributed by atoms with van der Waals surface area (Å²) in [6, 6.07) is 5.75. The highest BCUT2D eigenvalue weighted by Crippen LogP contribution is 2.35. The summed E-state index contributed by atoms with van der Waals surface area (Å²) in [6.45, 7) is 0.348. The maximum Gasteiger partial charge on any atom is 0.309 e. The van der Waals surface area contributed by atoms with Gasteiger partial charge in [0.05, 0.1) is 12.0 Å². The van der Waals surface area contributed by atoms with Gasteiger partial charge >= 0.3 is 5.97 Å². The number of rotatable bonds is 3. The fraction of sp³-hybridized carbons (Fsp3) is 0.417. The average Bonchev–Trinajstić information content (AvgIpc) is 2.78. The first-order valence-electron chi connectivity index (χ1n) is 5.32. The standard InChI is InChI=1S/C12H12F2O3/c13-11(14)8-3-1-2-7(6-8)10-9(12(15)16)4-5-17-10/h1-3,6,9-11H,4-5H2,(H,15,16). The van der Waals surface area contributed by atoms with Gasteiger partial charge in [-0.25, -0.2) is 8.78 Å². The first-order valence-corrected chi connectivity index (χ1v) is 5.32. The van der Waals surface area contributed by atoms with Crippen molar-refractivity contribution in [1.82, 2.24) is 0 Å². The van der Waals surface area contributed by atoms with Gasteiger partial charge in [0.25, 0.3) is 6.43 Å². The van der Waals surface area contributed by atoms with Crippen molar-refractivity contribution in [3.63, 3.8) is 0 Å². The van der Waals surface area contributed by atoms with Crippen LogP contribution in [0.15, 0.2) is 24.3 Å². The van der Waals surface area contributed by atoms with E-state index >= 15 is 0 Å². The molecule has 1 N–H and O–H groups in total. The highest BCUT2D eigenvalue weighted by Gasteiger charge is 2.35. The average molecular weight is 242 g/mol. The number of carboxylic acid groups (broad SMARTS) is 1. The highest BCUT2D eigenvalue weighted by molar-refractivity contribution is 5.71. The van der Waals surface area contributed by atoms with Crippen molar-refractivity contribution in [2.45, 2.75) is 19.0 Å². The summed E-state index contributed by atoms with van der Waals surface area (Å²) >= 11 is 0. The topological polar surface area (TPSA) is 46.5 Å². The Hall–Kier alpha value is -1.49. The lowest BCUT2D eigenvalue weighted by molar-refractivity contribution is -0.143. The van der Waals surface area contributed by atoms with E-state index in [1.165, 1.54) is 18.2 Å². The molecule has 1 saturated heterocycles. The summed E-state index contributed by atoms with van der Waals surface area (Å²) in [4.78, 5) is 11.0. The number of carbonyl (C=O) groups is 1. The molecule has 5 heteroatoms. The Labute approximate surface area is 97.0 Å². The quantitative estimate of drug-likeness (QED) is 0.886. The number of carboxylic acids is 1. The number of halogens is 2. The minimum Gasteiger partial charge on any atom is -0.481 e. The van der Waals surface area contributed by atoms with Crippen LogP contribution in [0.4, 0.5) is 8.78 Å². The zero-order valence-electron chi connectivity index (χ0n) is 8.98. The molecular formula is C12H12F2O3. The minimum atomic E-state index is -2.56. The van der Waals surface area contributed by atoms with Crippen LogP contribution in [0.5, 0.6) is 0 Å². The number of benzene rings is 1. The van der Waals surface area contributed by atoms with Crippen molar-refractivity contribution in [3.05, 3.63) is 35.4 Å². The Balaban J connectivity index is 2.27. The van der Waals surface area contributed by atoms with Gasteiger partial charge in [0.2, 0.25) is 0 Å². The molecule has 17 heavy (non-hydrogen) atoms. The SMILES string of the molecule is O=C(O)C1CCOC1c1cccc(C(F)F)c1. The van der Waals surface area contributed by atoms with E-state index in [2.05, 4.69) is 0 Å². The van der Waals surface area contributed by atoms with E-state index in [-0.39, 0.29) is 5.56 Å². The van der Waals surface area contributed by atoms with Gasteiger partial charge in [-0.15, -0.1) is 0 Å². The smallest absolute Gasteiger partial charge is 0.309 e. The van der Waals surface area contributed by atoms with Crippen LogP contribution < -0.4 is 0 Å². The van der Waals surface area contributed by atoms with Crippen LogP contribution in [-0.2, 0) is 9.53 Å². The summed E-state index contributed by atoms with van der Waals surface area (Å²) in [5.74, 6) is -1.60. The lowest BCUT2D eigenvalue weighted by atomic mass is 9.94. The van der Waals surface area contributed by atoms with Crippen LogP contribution in [0, 0.1) is 5.92 Å². The monoisotopic (exact) mass is 242 g/mol. The molecule has 1 fully saturated rings. The van der Waals surface area contributed by atoms with Crippen molar-refractivity contribution in [2.75, 3.05) is 6.61 Å². The summed E-state index contributed by atoms with van der Waals surface area (Å²) in [6.07, 6.45) is -2.76. The van der Waals surface area contributed by atoms with E-state index in [9.17, 15) is 13.6 Å². The van der Waals surface area contributed by atoms with E-state index in [1.807, 2.05) is 0 Å². The van der Waals surface area contributed by atoms with Crippen LogP contribution in [0.3, 0.4) is 0 Å². The second kappa shape index (κ2) is 4.79. The summed E-state index contributed by atoms with van der Waals surface area (Å²) in [7, 11) is 0. The molecule has 3 nitrogen and oxygen atoms in total. The van der Waals surface area contributed by atoms with E-state index in [1.54, 1.807) is 6.07 Å². The zero-order chi connectivity index (χ0) is 12.4. The third kappa shape index (κ3) is 2.44. The van der Waals surface area contributed by atoms with Crippen LogP contribution >= 0.6 is 0 Å². The van der Waals surface area contributed by atoms with Gasteiger partial charge in [0, 0.05) is 12.2 Å². The van der Waals surface area contributed by atoms with Gasteiger partial charge in [-0.2, -0.15) is 0 Å². The summed E-state index contributed by atoms with van der Waals surface area (Å²) < 4.78 is 30.4. The molecule has 2 rings (SSSR count). The maximum absolute atomic E-state index is 12.5. The fourth-order valence-electron chi connectivity index (χ4n) is 2.04. The largest absolute Gasteiger partial charge is 0.481 e. The molecule has 0 bridgehead atoms. The zero-order valence-corrected chi connectivity index (χ0v) is 8.98. The molecule has 0 spiro atoms. The normalized spacial score (nSPS) is 24.2. The molecule has 1 aliphatic rings. The van der Waals surface area contributed by atoms with Crippen LogP contribution in [0.25, 0.3) is 0 Å². The molecule has 1 aromatic rings. The number of hydrogen-bond donors (Lipinski definition) is 1. The predicted octanol–water partition coefficient (Wildman–Crippen LogP) is 2.79. The molecule has 0 aromatic heterocycles. The van der Waals surface area contributed by atoms with E-state index < -0.39 is 24.4 Å². The summed E-state index contributed by atoms with van der Waals surface area (Å²) in [5, 5.41) is 9.00. The van der Waals surface area contributed by atoms with Crippen molar-refractivity contribution in [3.8, 4) is 0 Å². The van der Waals surface area contributed by atoms with Gasteiger partial charge in [-0.3, -0.25) is 4.79 Å². The third-order valence-corrected chi connectivity index (χ3v) is 2.90. The Kier molecular flexibility index (Phi) is 3.38. The van der Waals surface area contributed by atoms with Gasteiger partial charge in [-0.1, -0.05) is 18.2 Å². The van der Waals surface area contributed by atoms with Gasteiger partial charge < -0.3 is 9.84 Å². The maximum atomic E-state index is 12.5. The number of alkyl halides is 2. The van der Waals surface area contributed by atoms with Crippen molar-refractivity contribution < 1.29 is 23.4 Å². The minimum absolute atomic E-state index is 0.109. The Bertz CT molecular complexity index is 420. The van der Waals surface area contributed by atoms with Gasteiger partial charge in [-0.05, 0) is 18.1 Å². The molecule has 0 saturated carbocycles. The predicted molar refractivity (Wildman–Crippen MR) is 55.8 cm³/mol. The molecule has 2 unspecified atom stereocenters. The van der Waals surface area contributed by atoms with Crippen LogP contribution in [0.1, 0.15) is 30.1 Å². The van der Waals surface area contributed by atoms with E-state index in [0.29, 0.717) is 18.6 Å². The van der Waals surface area contributed by atoms with E-state index in [4.69, 9.17) is 9.84 Å². The lowest BCUT2D eigenvalue weighted by Gasteiger charge is -2.16. The van der Waals surface area contributed by atoms with Crippen LogP contribution in [0.2, 0.25) is 0 Å². The molecule has 0 aliphatic carbocycles. The number of ether oxygens (including phenoxy) is 1. The second-order valence-electron chi connectivity index (χ2n) is 4.00. The third-order valence-electron chi connectivity index (χ3n) is 2.90.